The molecular weight excluding hydrogens is 336 g/mol. The van der Waals surface area contributed by atoms with Crippen LogP contribution in [0.5, 0.6) is 0 Å². The second kappa shape index (κ2) is 9.70. The molecule has 28 heavy (non-hydrogen) atoms. The third kappa shape index (κ3) is 4.41. The Morgan fingerprint density at radius 1 is 0.750 bits per heavy atom. The van der Waals surface area contributed by atoms with E-state index in [1.807, 2.05) is 0 Å². The van der Waals surface area contributed by atoms with Crippen molar-refractivity contribution in [3.63, 3.8) is 0 Å². The second-order valence-electron chi connectivity index (χ2n) is 11.5. The van der Waals surface area contributed by atoms with Crippen LogP contribution >= 0.6 is 0 Å². The second-order valence-corrected chi connectivity index (χ2v) is 11.5. The van der Waals surface area contributed by atoms with Crippen LogP contribution in [0.4, 0.5) is 0 Å². The largest absolute Gasteiger partial charge is 0.0877 e. The van der Waals surface area contributed by atoms with E-state index in [2.05, 4.69) is 26.0 Å². The molecule has 4 aliphatic rings. The number of unbranched alkanes of at least 4 members (excludes halogenated alkanes) is 7. The van der Waals surface area contributed by atoms with Gasteiger partial charge in [0.2, 0.25) is 0 Å². The first-order valence-corrected chi connectivity index (χ1v) is 13.4. The van der Waals surface area contributed by atoms with Crippen LogP contribution in [0.3, 0.4) is 0 Å². The number of hydrogen-bond donors (Lipinski definition) is 0. The molecule has 3 fully saturated rings. The fourth-order valence-electron chi connectivity index (χ4n) is 8.40. The van der Waals surface area contributed by atoms with Crippen LogP contribution in [0.15, 0.2) is 12.2 Å². The molecule has 0 aliphatic heterocycles. The molecule has 0 aromatic rings. The van der Waals surface area contributed by atoms with Crippen molar-refractivity contribution >= 4 is 0 Å². The molecule has 0 N–H and O–H groups in total. The quantitative estimate of drug-likeness (QED) is 0.275. The van der Waals surface area contributed by atoms with Crippen molar-refractivity contribution in [1.82, 2.24) is 0 Å². The van der Waals surface area contributed by atoms with Crippen molar-refractivity contribution in [2.45, 2.75) is 123 Å². The van der Waals surface area contributed by atoms with E-state index in [1.165, 1.54) is 64.2 Å². The van der Waals surface area contributed by atoms with E-state index in [0.29, 0.717) is 5.41 Å². The zero-order chi connectivity index (χ0) is 19.4. The van der Waals surface area contributed by atoms with Crippen molar-refractivity contribution in [3.8, 4) is 0 Å². The monoisotopic (exact) mass is 384 g/mol. The molecule has 0 aromatic heterocycles. The first-order valence-electron chi connectivity index (χ1n) is 13.4. The summed E-state index contributed by atoms with van der Waals surface area (Å²) in [5.74, 6) is 6.47. The molecule has 7 atom stereocenters. The minimum Gasteiger partial charge on any atom is -0.0877 e. The highest BCUT2D eigenvalue weighted by Gasteiger charge is 2.52. The van der Waals surface area contributed by atoms with Gasteiger partial charge < -0.3 is 0 Å². The van der Waals surface area contributed by atoms with Crippen LogP contribution in [-0.2, 0) is 0 Å². The number of rotatable bonds is 9. The Bertz CT molecular complexity index is 504. The molecule has 0 heteroatoms. The van der Waals surface area contributed by atoms with Gasteiger partial charge >= 0.3 is 0 Å². The Hall–Kier alpha value is -0.260. The summed E-state index contributed by atoms with van der Waals surface area (Å²) in [7, 11) is 0. The lowest BCUT2D eigenvalue weighted by Crippen LogP contribution is -2.48. The van der Waals surface area contributed by atoms with Crippen molar-refractivity contribution in [2.75, 3.05) is 0 Å². The smallest absolute Gasteiger partial charge is 0.0112 e. The Morgan fingerprint density at radius 3 is 2.29 bits per heavy atom. The predicted molar refractivity (Wildman–Crippen MR) is 122 cm³/mol. The molecule has 4 aliphatic carbocycles. The summed E-state index contributed by atoms with van der Waals surface area (Å²) in [5, 5.41) is 0. The SMILES string of the molecule is CCCCCCCCCCC1CCC[C@H]2C1CC[C@@H]1[C@@H]2CC[C@]2(C)C=CC[C@@H]12. The van der Waals surface area contributed by atoms with Gasteiger partial charge in [0.25, 0.3) is 0 Å². The Kier molecular flexibility index (Phi) is 7.27. The first kappa shape index (κ1) is 21.0. The third-order valence-corrected chi connectivity index (χ3v) is 9.90. The average molecular weight is 385 g/mol. The average Bonchev–Trinajstić information content (AvgIpc) is 3.11. The Morgan fingerprint density at radius 2 is 1.46 bits per heavy atom. The minimum atomic E-state index is 0.569. The maximum absolute atomic E-state index is 2.60. The molecule has 4 rings (SSSR count). The van der Waals surface area contributed by atoms with E-state index in [1.54, 1.807) is 44.9 Å². The van der Waals surface area contributed by atoms with Gasteiger partial charge in [-0.15, -0.1) is 0 Å². The molecule has 0 aromatic carbocycles. The van der Waals surface area contributed by atoms with Crippen molar-refractivity contribution < 1.29 is 0 Å². The number of allylic oxidation sites excluding steroid dienone is 2. The fraction of sp³-hybridized carbons (Fsp3) is 0.929. The highest BCUT2D eigenvalue weighted by atomic mass is 14.6. The molecule has 0 nitrogen and oxygen atoms in total. The first-order chi connectivity index (χ1) is 13.7. The lowest BCUT2D eigenvalue weighted by Gasteiger charge is -2.56. The van der Waals surface area contributed by atoms with Gasteiger partial charge in [0.1, 0.15) is 0 Å². The molecule has 0 radical (unpaired) electrons. The maximum atomic E-state index is 2.60. The van der Waals surface area contributed by atoms with Crippen LogP contribution in [0.1, 0.15) is 123 Å². The van der Waals surface area contributed by atoms with Gasteiger partial charge in [-0.25, -0.2) is 0 Å². The van der Waals surface area contributed by atoms with E-state index in [4.69, 9.17) is 0 Å². The van der Waals surface area contributed by atoms with Crippen LogP contribution in [0.25, 0.3) is 0 Å². The van der Waals surface area contributed by atoms with E-state index >= 15 is 0 Å². The molecule has 3 saturated carbocycles. The number of fused-ring (bicyclic) bond motifs is 5. The zero-order valence-electron chi connectivity index (χ0n) is 19.1. The van der Waals surface area contributed by atoms with Crippen LogP contribution in [-0.4, -0.2) is 0 Å². The molecule has 0 heterocycles. The minimum absolute atomic E-state index is 0.569. The van der Waals surface area contributed by atoms with Crippen LogP contribution in [0.2, 0.25) is 0 Å². The van der Waals surface area contributed by atoms with E-state index in [0.717, 1.165) is 35.5 Å². The van der Waals surface area contributed by atoms with Gasteiger partial charge in [0.15, 0.2) is 0 Å². The fourth-order valence-corrected chi connectivity index (χ4v) is 8.40. The van der Waals surface area contributed by atoms with Gasteiger partial charge in [-0.2, -0.15) is 0 Å². The van der Waals surface area contributed by atoms with Crippen molar-refractivity contribution in [3.05, 3.63) is 12.2 Å². The molecule has 0 spiro atoms. The molecule has 0 amide bonds. The Labute approximate surface area is 176 Å². The molecule has 0 bridgehead atoms. The predicted octanol–water partition coefficient (Wildman–Crippen LogP) is 8.95. The summed E-state index contributed by atoms with van der Waals surface area (Å²) in [6, 6.07) is 0. The van der Waals surface area contributed by atoms with Crippen molar-refractivity contribution in [2.24, 2.45) is 40.9 Å². The third-order valence-electron chi connectivity index (χ3n) is 9.90. The Balaban J connectivity index is 1.24. The lowest BCUT2D eigenvalue weighted by atomic mass is 9.49. The summed E-state index contributed by atoms with van der Waals surface area (Å²) in [6.45, 7) is 4.90. The topological polar surface area (TPSA) is 0 Å². The lowest BCUT2D eigenvalue weighted by molar-refractivity contribution is -0.0586. The highest BCUT2D eigenvalue weighted by Crippen LogP contribution is 2.61. The normalized spacial score (nSPS) is 42.1. The van der Waals surface area contributed by atoms with Gasteiger partial charge in [0, 0.05) is 0 Å². The molecule has 2 unspecified atom stereocenters. The standard InChI is InChI=1S/C28H48/c1-3-4-5-6-7-8-9-10-13-22-14-11-15-24-23(22)17-18-26-25(24)19-21-28(2)20-12-16-27(26)28/h12,20,22-27H,3-11,13-19,21H2,1-2H3/t22?,23?,24-,25+,26+,27-,28-/m0/s1. The summed E-state index contributed by atoms with van der Waals surface area (Å²) >= 11 is 0. The van der Waals surface area contributed by atoms with E-state index in [-0.39, 0.29) is 0 Å². The highest BCUT2D eigenvalue weighted by molar-refractivity contribution is 5.14. The summed E-state index contributed by atoms with van der Waals surface area (Å²) in [5.41, 5.74) is 0.569. The van der Waals surface area contributed by atoms with Crippen LogP contribution in [0, 0.1) is 40.9 Å². The summed E-state index contributed by atoms with van der Waals surface area (Å²) in [6.07, 6.45) is 30.8. The van der Waals surface area contributed by atoms with Gasteiger partial charge in [0.05, 0.1) is 0 Å². The summed E-state index contributed by atoms with van der Waals surface area (Å²) in [4.78, 5) is 0. The van der Waals surface area contributed by atoms with E-state index < -0.39 is 0 Å². The maximum Gasteiger partial charge on any atom is -0.0112 e. The summed E-state index contributed by atoms with van der Waals surface area (Å²) < 4.78 is 0. The van der Waals surface area contributed by atoms with Gasteiger partial charge in [-0.3, -0.25) is 0 Å². The van der Waals surface area contributed by atoms with Gasteiger partial charge in [-0.1, -0.05) is 96.6 Å². The van der Waals surface area contributed by atoms with E-state index in [9.17, 15) is 0 Å². The van der Waals surface area contributed by atoms with Gasteiger partial charge in [-0.05, 0) is 79.4 Å². The molecular formula is C28H48. The van der Waals surface area contributed by atoms with Crippen LogP contribution < -0.4 is 0 Å². The zero-order valence-corrected chi connectivity index (χ0v) is 19.1. The molecule has 0 saturated heterocycles. The number of hydrogen-bond acceptors (Lipinski definition) is 0. The van der Waals surface area contributed by atoms with Crippen molar-refractivity contribution in [1.29, 1.82) is 0 Å². The molecule has 160 valence electrons.